The lowest BCUT2D eigenvalue weighted by Gasteiger charge is -2.10. The van der Waals surface area contributed by atoms with E-state index in [2.05, 4.69) is 0 Å². The molecule has 0 amide bonds. The van der Waals surface area contributed by atoms with E-state index in [0.29, 0.717) is 21.6 Å². The molecule has 0 unspecified atom stereocenters. The number of para-hydroxylation sites is 1. The normalized spacial score (nSPS) is 10.8. The highest BCUT2D eigenvalue weighted by Gasteiger charge is 2.17. The van der Waals surface area contributed by atoms with Crippen molar-refractivity contribution in [2.75, 3.05) is 0 Å². The molecule has 0 aliphatic carbocycles. The van der Waals surface area contributed by atoms with E-state index in [-0.39, 0.29) is 5.43 Å². The summed E-state index contributed by atoms with van der Waals surface area (Å²) < 4.78 is 6.11. The fraction of sp³-hybridized carbons (Fsp3) is 0. The van der Waals surface area contributed by atoms with Gasteiger partial charge in [0.15, 0.2) is 5.76 Å². The van der Waals surface area contributed by atoms with Crippen molar-refractivity contribution in [2.45, 2.75) is 9.79 Å². The van der Waals surface area contributed by atoms with E-state index < -0.39 is 0 Å². The standard InChI is InChI=1S/C21H14O2S/c22-19-17-13-7-8-14-18(17)23-20(15-9-3-1-4-10-15)21(19)24-16-11-5-2-6-12-16/h1-14H. The van der Waals surface area contributed by atoms with Crippen molar-refractivity contribution in [3.8, 4) is 11.3 Å². The van der Waals surface area contributed by atoms with Gasteiger partial charge < -0.3 is 4.42 Å². The van der Waals surface area contributed by atoms with Gasteiger partial charge in [-0.25, -0.2) is 0 Å². The number of benzene rings is 3. The molecule has 116 valence electrons. The van der Waals surface area contributed by atoms with Crippen LogP contribution in [0.15, 0.2) is 104 Å². The quantitative estimate of drug-likeness (QED) is 0.489. The van der Waals surface area contributed by atoms with Gasteiger partial charge in [0.25, 0.3) is 0 Å². The largest absolute Gasteiger partial charge is 0.455 e. The molecule has 4 aromatic rings. The Kier molecular flexibility index (Phi) is 3.93. The van der Waals surface area contributed by atoms with E-state index in [1.807, 2.05) is 84.9 Å². The SMILES string of the molecule is O=c1c(Sc2ccccc2)c(-c2ccccc2)oc2ccccc12. The van der Waals surface area contributed by atoms with Gasteiger partial charge in [0.2, 0.25) is 5.43 Å². The van der Waals surface area contributed by atoms with Gasteiger partial charge >= 0.3 is 0 Å². The summed E-state index contributed by atoms with van der Waals surface area (Å²) in [6, 6.07) is 27.0. The Hall–Kier alpha value is -2.78. The number of hydrogen-bond donors (Lipinski definition) is 0. The first-order valence-corrected chi connectivity index (χ1v) is 8.49. The number of rotatable bonds is 3. The fourth-order valence-electron chi connectivity index (χ4n) is 2.60. The molecule has 0 N–H and O–H groups in total. The zero-order valence-electron chi connectivity index (χ0n) is 12.8. The van der Waals surface area contributed by atoms with Crippen molar-refractivity contribution < 1.29 is 4.42 Å². The van der Waals surface area contributed by atoms with E-state index in [4.69, 9.17) is 4.42 Å². The van der Waals surface area contributed by atoms with Crippen LogP contribution in [-0.4, -0.2) is 0 Å². The molecular formula is C21H14O2S. The first kappa shape index (κ1) is 14.8. The van der Waals surface area contributed by atoms with Crippen LogP contribution in [0.4, 0.5) is 0 Å². The highest BCUT2D eigenvalue weighted by Crippen LogP contribution is 2.35. The molecular weight excluding hydrogens is 316 g/mol. The molecule has 1 aromatic heterocycles. The average molecular weight is 330 g/mol. The summed E-state index contributed by atoms with van der Waals surface area (Å²) in [6.45, 7) is 0. The third-order valence-electron chi connectivity index (χ3n) is 3.76. The fourth-order valence-corrected chi connectivity index (χ4v) is 3.59. The summed E-state index contributed by atoms with van der Waals surface area (Å²) in [5.74, 6) is 0.619. The van der Waals surface area contributed by atoms with Gasteiger partial charge in [-0.15, -0.1) is 0 Å². The van der Waals surface area contributed by atoms with E-state index >= 15 is 0 Å². The zero-order chi connectivity index (χ0) is 16.4. The third kappa shape index (κ3) is 2.74. The molecule has 0 aliphatic rings. The maximum absolute atomic E-state index is 13.0. The molecule has 2 nitrogen and oxygen atoms in total. The van der Waals surface area contributed by atoms with Crippen molar-refractivity contribution in [2.24, 2.45) is 0 Å². The van der Waals surface area contributed by atoms with Gasteiger partial charge in [0.1, 0.15) is 10.5 Å². The van der Waals surface area contributed by atoms with Crippen molar-refractivity contribution in [3.05, 3.63) is 95.2 Å². The average Bonchev–Trinajstić information content (AvgIpc) is 2.65. The maximum atomic E-state index is 13.0. The Labute approximate surface area is 143 Å². The van der Waals surface area contributed by atoms with E-state index in [0.717, 1.165) is 10.5 Å². The zero-order valence-corrected chi connectivity index (χ0v) is 13.6. The molecule has 3 aromatic carbocycles. The van der Waals surface area contributed by atoms with Crippen LogP contribution in [0.2, 0.25) is 0 Å². The Bertz CT molecular complexity index is 1040. The molecule has 0 atom stereocenters. The second-order valence-corrected chi connectivity index (χ2v) is 6.45. The minimum Gasteiger partial charge on any atom is -0.455 e. The second-order valence-electron chi connectivity index (χ2n) is 5.37. The van der Waals surface area contributed by atoms with E-state index in [1.165, 1.54) is 11.8 Å². The van der Waals surface area contributed by atoms with Crippen LogP contribution in [0.5, 0.6) is 0 Å². The first-order chi connectivity index (χ1) is 11.8. The van der Waals surface area contributed by atoms with Crippen molar-refractivity contribution in [1.82, 2.24) is 0 Å². The molecule has 24 heavy (non-hydrogen) atoms. The van der Waals surface area contributed by atoms with E-state index in [9.17, 15) is 4.79 Å². The van der Waals surface area contributed by atoms with E-state index in [1.54, 1.807) is 0 Å². The Morgan fingerprint density at radius 3 is 2.08 bits per heavy atom. The van der Waals surface area contributed by atoms with Crippen LogP contribution in [-0.2, 0) is 0 Å². The minimum atomic E-state index is 0.00422. The molecule has 0 spiro atoms. The molecule has 0 bridgehead atoms. The lowest BCUT2D eigenvalue weighted by Crippen LogP contribution is -2.06. The second kappa shape index (κ2) is 6.38. The predicted molar refractivity (Wildman–Crippen MR) is 98.5 cm³/mol. The summed E-state index contributed by atoms with van der Waals surface area (Å²) in [5, 5.41) is 0.607. The van der Waals surface area contributed by atoms with Gasteiger partial charge in [0.05, 0.1) is 5.39 Å². The molecule has 4 rings (SSSR count). The molecule has 0 saturated heterocycles. The van der Waals surface area contributed by atoms with Crippen LogP contribution >= 0.6 is 11.8 Å². The summed E-state index contributed by atoms with van der Waals surface area (Å²) in [5.41, 5.74) is 1.52. The lowest BCUT2D eigenvalue weighted by atomic mass is 10.1. The highest BCUT2D eigenvalue weighted by molar-refractivity contribution is 7.99. The number of hydrogen-bond acceptors (Lipinski definition) is 3. The topological polar surface area (TPSA) is 30.2 Å². The predicted octanol–water partition coefficient (Wildman–Crippen LogP) is 5.61. The van der Waals surface area contributed by atoms with Gasteiger partial charge in [-0.05, 0) is 24.3 Å². The Balaban J connectivity index is 1.98. The molecule has 0 saturated carbocycles. The highest BCUT2D eigenvalue weighted by atomic mass is 32.2. The number of fused-ring (bicyclic) bond motifs is 1. The molecule has 0 fully saturated rings. The summed E-state index contributed by atoms with van der Waals surface area (Å²) in [6.07, 6.45) is 0. The van der Waals surface area contributed by atoms with Crippen molar-refractivity contribution in [1.29, 1.82) is 0 Å². The monoisotopic (exact) mass is 330 g/mol. The molecule has 0 aliphatic heterocycles. The first-order valence-electron chi connectivity index (χ1n) is 7.67. The maximum Gasteiger partial charge on any atom is 0.207 e. The minimum absolute atomic E-state index is 0.00422. The van der Waals surface area contributed by atoms with Gasteiger partial charge in [0, 0.05) is 10.5 Å². The van der Waals surface area contributed by atoms with Crippen LogP contribution in [0.1, 0.15) is 0 Å². The summed E-state index contributed by atoms with van der Waals surface area (Å²) in [4.78, 5) is 14.7. The van der Waals surface area contributed by atoms with Crippen LogP contribution in [0.25, 0.3) is 22.3 Å². The smallest absolute Gasteiger partial charge is 0.207 e. The molecule has 1 heterocycles. The Morgan fingerprint density at radius 2 is 1.33 bits per heavy atom. The molecule has 0 radical (unpaired) electrons. The van der Waals surface area contributed by atoms with Crippen LogP contribution in [0, 0.1) is 0 Å². The Morgan fingerprint density at radius 1 is 0.708 bits per heavy atom. The van der Waals surface area contributed by atoms with Crippen molar-refractivity contribution >= 4 is 22.7 Å². The summed E-state index contributed by atoms with van der Waals surface area (Å²) >= 11 is 1.44. The van der Waals surface area contributed by atoms with Gasteiger partial charge in [-0.3, -0.25) is 4.79 Å². The van der Waals surface area contributed by atoms with Gasteiger partial charge in [-0.2, -0.15) is 0 Å². The van der Waals surface area contributed by atoms with Crippen LogP contribution in [0.3, 0.4) is 0 Å². The summed E-state index contributed by atoms with van der Waals surface area (Å²) in [7, 11) is 0. The third-order valence-corrected chi connectivity index (χ3v) is 4.84. The molecule has 3 heteroatoms. The van der Waals surface area contributed by atoms with Gasteiger partial charge in [-0.1, -0.05) is 72.4 Å². The van der Waals surface area contributed by atoms with Crippen LogP contribution < -0.4 is 5.43 Å². The lowest BCUT2D eigenvalue weighted by molar-refractivity contribution is 0.605. The van der Waals surface area contributed by atoms with Crippen molar-refractivity contribution in [3.63, 3.8) is 0 Å².